The van der Waals surface area contributed by atoms with Crippen LogP contribution >= 0.6 is 0 Å². The zero-order chi connectivity index (χ0) is 22.5. The molecule has 9 heteroatoms. The molecule has 2 N–H and O–H groups in total. The van der Waals surface area contributed by atoms with Gasteiger partial charge < -0.3 is 10.6 Å². The largest absolute Gasteiger partial charge is 0.362 e. The van der Waals surface area contributed by atoms with Crippen molar-refractivity contribution < 1.29 is 17.6 Å². The van der Waals surface area contributed by atoms with Crippen LogP contribution in [0.3, 0.4) is 0 Å². The van der Waals surface area contributed by atoms with Gasteiger partial charge in [-0.1, -0.05) is 32.1 Å². The Labute approximate surface area is 176 Å². The lowest BCUT2D eigenvalue weighted by Gasteiger charge is -2.25. The second-order valence-corrected chi connectivity index (χ2v) is 9.46. The summed E-state index contributed by atoms with van der Waals surface area (Å²) in [6.07, 6.45) is 5.23. The molecular weight excluding hydrogens is 407 g/mol. The van der Waals surface area contributed by atoms with E-state index in [9.17, 15) is 17.6 Å². The molecule has 0 radical (unpaired) electrons. The van der Waals surface area contributed by atoms with Gasteiger partial charge in [-0.3, -0.25) is 4.79 Å². The number of anilines is 1. The third-order valence-corrected chi connectivity index (χ3v) is 5.12. The number of amides is 1. The van der Waals surface area contributed by atoms with Crippen LogP contribution in [0.25, 0.3) is 0 Å². The van der Waals surface area contributed by atoms with Crippen molar-refractivity contribution in [3.63, 3.8) is 0 Å². The topological polar surface area (TPSA) is 101 Å². The molecule has 0 unspecified atom stereocenters. The maximum atomic E-state index is 14.0. The van der Waals surface area contributed by atoms with E-state index in [1.165, 1.54) is 24.5 Å². The molecule has 0 aliphatic rings. The normalized spacial score (nSPS) is 14.0. The number of nitrogens with one attached hydrogen (secondary N) is 2. The number of hydrogen-bond donors (Lipinski definition) is 2. The van der Waals surface area contributed by atoms with Crippen molar-refractivity contribution in [2.45, 2.75) is 39.8 Å². The minimum atomic E-state index is -3.26. The van der Waals surface area contributed by atoms with E-state index >= 15 is 0 Å². The van der Waals surface area contributed by atoms with Crippen molar-refractivity contribution in [2.24, 2.45) is 5.92 Å². The minimum Gasteiger partial charge on any atom is -0.362 e. The van der Waals surface area contributed by atoms with E-state index in [2.05, 4.69) is 20.6 Å². The number of aromatic nitrogens is 2. The van der Waals surface area contributed by atoms with Crippen LogP contribution in [0.5, 0.6) is 0 Å². The second kappa shape index (κ2) is 9.80. The SMILES string of the molecule is Cc1c(F)cccc1[C@H](Nc1cnc(C(=O)N[C@H](C)/C=C/S(C)(=O)=O)cn1)C(C)C. The van der Waals surface area contributed by atoms with E-state index < -0.39 is 21.8 Å². The van der Waals surface area contributed by atoms with Crippen LogP contribution in [0.1, 0.15) is 48.4 Å². The van der Waals surface area contributed by atoms with Crippen LogP contribution in [0.15, 0.2) is 42.1 Å². The molecule has 0 saturated heterocycles. The Morgan fingerprint density at radius 2 is 1.87 bits per heavy atom. The van der Waals surface area contributed by atoms with E-state index in [1.807, 2.05) is 19.9 Å². The zero-order valence-corrected chi connectivity index (χ0v) is 18.5. The molecule has 0 fully saturated rings. The predicted octanol–water partition coefficient (Wildman–Crippen LogP) is 3.41. The lowest BCUT2D eigenvalue weighted by molar-refractivity contribution is 0.0941. The van der Waals surface area contributed by atoms with Crippen molar-refractivity contribution in [1.29, 1.82) is 0 Å². The Hall–Kier alpha value is -2.81. The molecule has 162 valence electrons. The highest BCUT2D eigenvalue weighted by molar-refractivity contribution is 7.93. The Morgan fingerprint density at radius 1 is 1.17 bits per heavy atom. The summed E-state index contributed by atoms with van der Waals surface area (Å²) in [5, 5.41) is 6.93. The molecule has 0 aliphatic heterocycles. The average molecular weight is 435 g/mol. The van der Waals surface area contributed by atoms with Gasteiger partial charge in [0.1, 0.15) is 17.3 Å². The van der Waals surface area contributed by atoms with Gasteiger partial charge in [0.15, 0.2) is 9.84 Å². The monoisotopic (exact) mass is 434 g/mol. The lowest BCUT2D eigenvalue weighted by Crippen LogP contribution is -2.32. The standard InChI is InChI=1S/C21H27FN4O3S/c1-13(2)20(16-7-6-8-17(22)15(16)4)26-19-12-23-18(11-24-19)21(27)25-14(3)9-10-30(5,28)29/h6-14,20H,1-5H3,(H,24,26)(H,25,27)/b10-9+/t14-,20-/m1/s1. The molecule has 30 heavy (non-hydrogen) atoms. The average Bonchev–Trinajstić information content (AvgIpc) is 2.66. The summed E-state index contributed by atoms with van der Waals surface area (Å²) in [4.78, 5) is 20.6. The molecule has 1 aromatic carbocycles. The lowest BCUT2D eigenvalue weighted by atomic mass is 9.92. The van der Waals surface area contributed by atoms with Gasteiger partial charge in [-0.05, 0) is 37.0 Å². The van der Waals surface area contributed by atoms with Gasteiger partial charge in [0.25, 0.3) is 5.91 Å². The summed E-state index contributed by atoms with van der Waals surface area (Å²) in [6.45, 7) is 7.42. The Balaban J connectivity index is 2.11. The van der Waals surface area contributed by atoms with Gasteiger partial charge in [-0.25, -0.2) is 22.8 Å². The minimum absolute atomic E-state index is 0.100. The number of rotatable bonds is 8. The summed E-state index contributed by atoms with van der Waals surface area (Å²) in [7, 11) is -3.26. The zero-order valence-electron chi connectivity index (χ0n) is 17.7. The quantitative estimate of drug-likeness (QED) is 0.660. The molecule has 0 bridgehead atoms. The van der Waals surface area contributed by atoms with Crippen LogP contribution in [0.4, 0.5) is 10.2 Å². The van der Waals surface area contributed by atoms with Crippen LogP contribution in [-0.4, -0.2) is 36.6 Å². The number of sulfone groups is 1. The number of nitrogens with zero attached hydrogens (tertiary/aromatic N) is 2. The van der Waals surface area contributed by atoms with Crippen LogP contribution in [-0.2, 0) is 9.84 Å². The molecule has 1 heterocycles. The number of carbonyl (C=O) groups is 1. The molecule has 0 aliphatic carbocycles. The fraction of sp³-hybridized carbons (Fsp3) is 0.381. The fourth-order valence-corrected chi connectivity index (χ4v) is 3.35. The van der Waals surface area contributed by atoms with Gasteiger partial charge in [0.05, 0.1) is 18.4 Å². The number of benzene rings is 1. The first-order valence-corrected chi connectivity index (χ1v) is 11.5. The van der Waals surface area contributed by atoms with Crippen molar-refractivity contribution >= 4 is 21.6 Å². The van der Waals surface area contributed by atoms with Crippen molar-refractivity contribution in [1.82, 2.24) is 15.3 Å². The Bertz CT molecular complexity index is 1020. The maximum Gasteiger partial charge on any atom is 0.271 e. The summed E-state index contributed by atoms with van der Waals surface area (Å²) < 4.78 is 36.3. The highest BCUT2D eigenvalue weighted by atomic mass is 32.2. The third-order valence-electron chi connectivity index (χ3n) is 4.47. The number of carbonyl (C=O) groups excluding carboxylic acids is 1. The van der Waals surface area contributed by atoms with E-state index in [1.54, 1.807) is 19.9 Å². The van der Waals surface area contributed by atoms with E-state index in [-0.39, 0.29) is 23.5 Å². The fourth-order valence-electron chi connectivity index (χ4n) is 2.83. The second-order valence-electron chi connectivity index (χ2n) is 7.53. The first-order chi connectivity index (χ1) is 14.0. The van der Waals surface area contributed by atoms with E-state index in [4.69, 9.17) is 0 Å². The molecule has 2 atom stereocenters. The van der Waals surface area contributed by atoms with Crippen LogP contribution < -0.4 is 10.6 Å². The Morgan fingerprint density at radius 3 is 2.43 bits per heavy atom. The van der Waals surface area contributed by atoms with Crippen LogP contribution in [0, 0.1) is 18.7 Å². The smallest absolute Gasteiger partial charge is 0.271 e. The summed E-state index contributed by atoms with van der Waals surface area (Å²) >= 11 is 0. The highest BCUT2D eigenvalue weighted by Gasteiger charge is 2.20. The van der Waals surface area contributed by atoms with Gasteiger partial charge >= 0.3 is 0 Å². The van der Waals surface area contributed by atoms with Crippen LogP contribution in [0.2, 0.25) is 0 Å². The van der Waals surface area contributed by atoms with Gasteiger partial charge in [-0.2, -0.15) is 0 Å². The first-order valence-electron chi connectivity index (χ1n) is 9.50. The van der Waals surface area contributed by atoms with Gasteiger partial charge in [0.2, 0.25) is 0 Å². The molecule has 0 saturated carbocycles. The summed E-state index contributed by atoms with van der Waals surface area (Å²) in [6, 6.07) is 4.29. The van der Waals surface area contributed by atoms with Gasteiger partial charge in [-0.15, -0.1) is 0 Å². The predicted molar refractivity (Wildman–Crippen MR) is 115 cm³/mol. The van der Waals surface area contributed by atoms with Crippen molar-refractivity contribution in [3.05, 3.63) is 64.7 Å². The Kier molecular flexibility index (Phi) is 7.66. The molecule has 7 nitrogen and oxygen atoms in total. The number of halogens is 1. The van der Waals surface area contributed by atoms with E-state index in [0.717, 1.165) is 17.2 Å². The highest BCUT2D eigenvalue weighted by Crippen LogP contribution is 2.29. The third kappa shape index (κ3) is 6.62. The molecule has 1 amide bonds. The molecule has 2 aromatic rings. The van der Waals surface area contributed by atoms with E-state index in [0.29, 0.717) is 11.4 Å². The van der Waals surface area contributed by atoms with Crippen molar-refractivity contribution in [3.8, 4) is 0 Å². The maximum absolute atomic E-state index is 14.0. The summed E-state index contributed by atoms with van der Waals surface area (Å²) in [5.41, 5.74) is 1.51. The molecule has 0 spiro atoms. The molecule has 1 aromatic heterocycles. The van der Waals surface area contributed by atoms with Gasteiger partial charge in [0, 0.05) is 17.7 Å². The molecule has 2 rings (SSSR count). The first kappa shape index (κ1) is 23.5. The summed E-state index contributed by atoms with van der Waals surface area (Å²) in [5.74, 6) is -0.130. The number of hydrogen-bond acceptors (Lipinski definition) is 6. The molecular formula is C21H27FN4O3S. The van der Waals surface area contributed by atoms with Crippen molar-refractivity contribution in [2.75, 3.05) is 11.6 Å².